The zero-order chi connectivity index (χ0) is 69.9. The van der Waals surface area contributed by atoms with Gasteiger partial charge in [-0.15, -0.1) is 0 Å². The summed E-state index contributed by atoms with van der Waals surface area (Å²) in [6, 6.07) is 39.1. The van der Waals surface area contributed by atoms with E-state index in [0.717, 1.165) is 106 Å². The summed E-state index contributed by atoms with van der Waals surface area (Å²) in [5.74, 6) is 6.18. The van der Waals surface area contributed by atoms with E-state index >= 15 is 0 Å². The Morgan fingerprint density at radius 2 is 0.738 bits per heavy atom. The fraction of sp³-hybridized carbons (Fsp3) is 0.739. The van der Waals surface area contributed by atoms with Gasteiger partial charge >= 0.3 is 0 Å². The van der Waals surface area contributed by atoms with Gasteiger partial charge in [-0.05, 0) is 196 Å². The van der Waals surface area contributed by atoms with E-state index in [9.17, 15) is 15.3 Å². The molecule has 4 unspecified atom stereocenters. The van der Waals surface area contributed by atoms with Crippen molar-refractivity contribution in [3.63, 3.8) is 0 Å². The van der Waals surface area contributed by atoms with Crippen LogP contribution in [0.4, 0.5) is 0 Å². The molecule has 9 rings (SSSR count). The van der Waals surface area contributed by atoms with E-state index in [0.29, 0.717) is 53.6 Å². The number of aliphatic hydroxyl groups is 10. The maximum atomic E-state index is 9.71. The van der Waals surface area contributed by atoms with Gasteiger partial charge in [-0.3, -0.25) is 0 Å². The number of hydrogen-bond donors (Lipinski definition) is 10. The maximum absolute atomic E-state index is 9.71. The molecule has 0 heterocycles. The van der Waals surface area contributed by atoms with Crippen molar-refractivity contribution in [3.8, 4) is 5.75 Å². The molecule has 0 saturated heterocycles. The Hall–Kier alpha value is -3.72. The highest BCUT2D eigenvalue weighted by Gasteiger charge is 2.31. The van der Waals surface area contributed by atoms with Crippen LogP contribution in [0, 0.1) is 58.2 Å². The zero-order valence-corrected chi connectivity index (χ0v) is 61.1. The fourth-order valence-electron chi connectivity index (χ4n) is 12.6. The third-order valence-electron chi connectivity index (χ3n) is 18.2. The molecule has 4 aromatic rings. The highest BCUT2D eigenvalue weighted by atomic mass is 16.5. The molecule has 0 aliphatic heterocycles. The zero-order valence-electron chi connectivity index (χ0n) is 61.1. The second-order valence-corrected chi connectivity index (χ2v) is 30.1. The third-order valence-corrected chi connectivity index (χ3v) is 18.2. The molecule has 7 atom stereocenters. The normalized spacial score (nSPS) is 20.1. The topological polar surface area (TPSA) is 212 Å². The number of hydrogen-bond acceptors (Lipinski definition) is 11. The molecule has 11 nitrogen and oxygen atoms in total. The van der Waals surface area contributed by atoms with E-state index in [4.69, 9.17) is 40.5 Å². The Balaban J connectivity index is -0.000000101. The Labute approximate surface area is 643 Å². The van der Waals surface area contributed by atoms with Crippen LogP contribution < -0.4 is 4.74 Å². The van der Waals surface area contributed by atoms with Crippen molar-refractivity contribution in [1.29, 1.82) is 0 Å². The number of rotatable bonds is 14. The first-order chi connectivity index (χ1) is 44.2. The fourth-order valence-corrected chi connectivity index (χ4v) is 12.6. The monoisotopic (exact) mass is 1460 g/mol. The van der Waals surface area contributed by atoms with E-state index in [2.05, 4.69) is 102 Å². The van der Waals surface area contributed by atoms with E-state index in [-0.39, 0.29) is 131 Å². The molecule has 5 fully saturated rings. The second-order valence-electron chi connectivity index (χ2n) is 30.1. The van der Waals surface area contributed by atoms with Crippen LogP contribution in [0.3, 0.4) is 0 Å². The van der Waals surface area contributed by atoms with E-state index in [1.807, 2.05) is 109 Å². The van der Waals surface area contributed by atoms with E-state index in [1.165, 1.54) is 88.2 Å². The molecule has 0 aromatic heterocycles. The van der Waals surface area contributed by atoms with Crippen molar-refractivity contribution in [2.45, 2.75) is 356 Å². The van der Waals surface area contributed by atoms with Gasteiger partial charge in [0.05, 0.1) is 43.7 Å². The lowest BCUT2D eigenvalue weighted by molar-refractivity contribution is 0.0263. The molecule has 0 amide bonds. The number of para-hydroxylation sites is 1. The molecule has 0 spiro atoms. The summed E-state index contributed by atoms with van der Waals surface area (Å²) < 4.78 is 5.11. The van der Waals surface area contributed by atoms with Crippen LogP contribution in [0.1, 0.15) is 322 Å². The van der Waals surface area contributed by atoms with Crippen molar-refractivity contribution in [3.05, 3.63) is 138 Å². The standard InChI is InChI=1S/3C10H20O.C9H12O.C9H20O.C8H10O2.C8H10O.C7H8O.C6H12O.C5H10O.10CH4/c1-10(2,3)8-4-6-9(11)7-5-8;2*1-7(2)9-5-4-8(3)6-10(9)11;10-8-4-7-9-5-2-1-3-6-9;1-8(5-6-10)7-9(2,3)4;9-6-7-10-8-4-2-1-3-5-8;9-7-6-8-4-2-1-3-5-8;8-6-7-4-2-1-3-5-7;7-6-4-2-1-3-5-6;6-5-3-1-2-4-5;;;;;;;;;;/h8-9,11H,4-7H2,1-3H3;2*7-11H,4-6H2,1-3H3;1-3,5-6,10H,4,7-8H2;8,10H,5-7H2,1-4H3;1-5,9H,6-7H2;1-5,9H,6-7H2;1-5,8H,6H2;6-7H,1-5H2;5-6H,1-4H2;10*1H4/t;8-,9+,10-;;;;;;;;;;;;;;;;;;/m.1................../s1. The quantitative estimate of drug-likeness (QED) is 0.0574. The van der Waals surface area contributed by atoms with Gasteiger partial charge in [0.15, 0.2) is 0 Å². The van der Waals surface area contributed by atoms with Crippen LogP contribution in [0.2, 0.25) is 0 Å². The number of aryl methyl sites for hydroxylation is 1. The van der Waals surface area contributed by atoms with Crippen molar-refractivity contribution in [2.24, 2.45) is 58.2 Å². The minimum absolute atomic E-state index is 0. The van der Waals surface area contributed by atoms with Gasteiger partial charge in [0.2, 0.25) is 0 Å². The lowest BCUT2D eigenvalue weighted by atomic mass is 9.72. The molecule has 5 aliphatic carbocycles. The molecule has 0 radical (unpaired) electrons. The van der Waals surface area contributed by atoms with Gasteiger partial charge in [-0.1, -0.05) is 318 Å². The maximum Gasteiger partial charge on any atom is 0.119 e. The lowest BCUT2D eigenvalue weighted by Crippen LogP contribution is -2.31. The predicted octanol–water partition coefficient (Wildman–Crippen LogP) is 23.6. The van der Waals surface area contributed by atoms with Crippen LogP contribution in [-0.2, 0) is 19.4 Å². The first kappa shape index (κ1) is 123. The van der Waals surface area contributed by atoms with E-state index in [1.54, 1.807) is 0 Å². The van der Waals surface area contributed by atoms with Crippen LogP contribution in [-0.4, -0.2) is 115 Å². The first-order valence-electron chi connectivity index (χ1n) is 36.4. The summed E-state index contributed by atoms with van der Waals surface area (Å²) in [5.41, 5.74) is 4.32. The van der Waals surface area contributed by atoms with Crippen LogP contribution >= 0.6 is 0 Å². The van der Waals surface area contributed by atoms with Gasteiger partial charge in [0.25, 0.3) is 0 Å². The Morgan fingerprint density at radius 1 is 0.388 bits per heavy atom. The smallest absolute Gasteiger partial charge is 0.119 e. The SMILES string of the molecule is C.C.C.C.C.C.C.C.C.C.CC(C)(C)C1CCC(O)CC1.CC(C)[C@@H]1CC[C@@H](C)C[C@H]1O.CC(CCO)CC(C)(C)C.CC1CCC(C(C)C)C(O)C1.OC1CCCC1.OC1CCCCC1.OCCCc1ccccc1.OCCOc1ccccc1.OCCc1ccccc1.OCc1ccccc1. The lowest BCUT2D eigenvalue weighted by Gasteiger charge is -2.35. The van der Waals surface area contributed by atoms with Gasteiger partial charge in [0, 0.05) is 19.8 Å². The number of benzene rings is 4. The molecule has 0 bridgehead atoms. The summed E-state index contributed by atoms with van der Waals surface area (Å²) in [6.07, 6.45) is 26.8. The Kier molecular flexibility index (Phi) is 91.4. The molecule has 103 heavy (non-hydrogen) atoms. The van der Waals surface area contributed by atoms with Crippen LogP contribution in [0.25, 0.3) is 0 Å². The molecule has 5 aliphatic rings. The summed E-state index contributed by atoms with van der Waals surface area (Å²) in [6.45, 7) is 30.6. The highest BCUT2D eigenvalue weighted by Crippen LogP contribution is 2.38. The Morgan fingerprint density at radius 3 is 1.02 bits per heavy atom. The average Bonchev–Trinajstić information content (AvgIpc) is 1.10. The molecule has 616 valence electrons. The van der Waals surface area contributed by atoms with Crippen molar-refractivity contribution in [2.75, 3.05) is 33.0 Å². The van der Waals surface area contributed by atoms with Gasteiger partial charge in [-0.2, -0.15) is 0 Å². The van der Waals surface area contributed by atoms with Gasteiger partial charge in [-0.25, -0.2) is 0 Å². The third kappa shape index (κ3) is 69.8. The Bertz CT molecular complexity index is 2110. The van der Waals surface area contributed by atoms with Crippen molar-refractivity contribution >= 4 is 0 Å². The second kappa shape index (κ2) is 76.5. The summed E-state index contributed by atoms with van der Waals surface area (Å²) in [7, 11) is 0. The molecular weight excluding hydrogens is 1280 g/mol. The molecule has 4 aromatic carbocycles. The molecule has 10 N–H and O–H groups in total. The number of ether oxygens (including phenoxy) is 1. The minimum atomic E-state index is -0.0289. The molecule has 11 heteroatoms. The number of aliphatic hydroxyl groups excluding tert-OH is 10. The van der Waals surface area contributed by atoms with Crippen molar-refractivity contribution < 1.29 is 55.8 Å². The van der Waals surface area contributed by atoms with Crippen LogP contribution in [0.5, 0.6) is 5.75 Å². The van der Waals surface area contributed by atoms with Crippen LogP contribution in [0.15, 0.2) is 121 Å². The average molecular weight is 1460 g/mol. The first-order valence-corrected chi connectivity index (χ1v) is 36.4. The highest BCUT2D eigenvalue weighted by molar-refractivity contribution is 5.21. The molecule has 5 saturated carbocycles. The van der Waals surface area contributed by atoms with Gasteiger partial charge < -0.3 is 55.8 Å². The summed E-state index contributed by atoms with van der Waals surface area (Å²) in [4.78, 5) is 0. The summed E-state index contributed by atoms with van der Waals surface area (Å²) in [5, 5.41) is 89.0. The predicted molar refractivity (Wildman–Crippen MR) is 458 cm³/mol. The van der Waals surface area contributed by atoms with Crippen molar-refractivity contribution in [1.82, 2.24) is 0 Å². The largest absolute Gasteiger partial charge is 0.491 e. The summed E-state index contributed by atoms with van der Waals surface area (Å²) >= 11 is 0. The minimum Gasteiger partial charge on any atom is -0.491 e. The molecular formula is C92H182O11. The van der Waals surface area contributed by atoms with Gasteiger partial charge in [0.1, 0.15) is 12.4 Å². The van der Waals surface area contributed by atoms with E-state index < -0.39 is 0 Å².